The van der Waals surface area contributed by atoms with E-state index in [1.165, 1.54) is 4.88 Å². The molecule has 0 aliphatic rings. The summed E-state index contributed by atoms with van der Waals surface area (Å²) in [5.74, 6) is -0.728. The van der Waals surface area contributed by atoms with E-state index >= 15 is 0 Å². The standard InChI is InChI=1S/C12H18BrNO2S/c1-12(2,10-6-9(13)7-17-10)8-14-5-3-4-11(15)16/h6-7,14H,3-5,8H2,1-2H3,(H,15,16). The molecule has 0 spiro atoms. The van der Waals surface area contributed by atoms with Gasteiger partial charge in [-0.15, -0.1) is 11.3 Å². The van der Waals surface area contributed by atoms with Crippen LogP contribution in [0.2, 0.25) is 0 Å². The van der Waals surface area contributed by atoms with Gasteiger partial charge in [0.15, 0.2) is 0 Å². The molecule has 3 nitrogen and oxygen atoms in total. The molecular weight excluding hydrogens is 302 g/mol. The largest absolute Gasteiger partial charge is 0.481 e. The van der Waals surface area contributed by atoms with E-state index in [0.717, 1.165) is 17.6 Å². The molecule has 0 fully saturated rings. The van der Waals surface area contributed by atoms with Crippen LogP contribution in [0.4, 0.5) is 0 Å². The lowest BCUT2D eigenvalue weighted by atomic mass is 9.91. The fourth-order valence-corrected chi connectivity index (χ4v) is 3.08. The van der Waals surface area contributed by atoms with Crippen LogP contribution in [0.25, 0.3) is 0 Å². The maximum Gasteiger partial charge on any atom is 0.303 e. The van der Waals surface area contributed by atoms with Gasteiger partial charge in [-0.25, -0.2) is 0 Å². The third-order valence-electron chi connectivity index (χ3n) is 2.55. The Hall–Kier alpha value is -0.390. The molecule has 96 valence electrons. The highest BCUT2D eigenvalue weighted by atomic mass is 79.9. The number of aliphatic carboxylic acids is 1. The zero-order valence-corrected chi connectivity index (χ0v) is 12.5. The number of hydrogen-bond acceptors (Lipinski definition) is 3. The summed E-state index contributed by atoms with van der Waals surface area (Å²) < 4.78 is 1.12. The SMILES string of the molecule is CC(C)(CNCCCC(=O)O)c1cc(Br)cs1. The van der Waals surface area contributed by atoms with Gasteiger partial charge >= 0.3 is 5.97 Å². The molecule has 1 heterocycles. The lowest BCUT2D eigenvalue weighted by Crippen LogP contribution is -2.32. The van der Waals surface area contributed by atoms with Crippen LogP contribution in [0.1, 0.15) is 31.6 Å². The van der Waals surface area contributed by atoms with E-state index in [9.17, 15) is 4.79 Å². The van der Waals surface area contributed by atoms with Gasteiger partial charge in [0.05, 0.1) is 0 Å². The first kappa shape index (κ1) is 14.7. The summed E-state index contributed by atoms with van der Waals surface area (Å²) in [6.45, 7) is 5.99. The Bertz CT molecular complexity index is 376. The van der Waals surface area contributed by atoms with Gasteiger partial charge < -0.3 is 10.4 Å². The van der Waals surface area contributed by atoms with Gasteiger partial charge in [-0.1, -0.05) is 13.8 Å². The summed E-state index contributed by atoms with van der Waals surface area (Å²) in [5, 5.41) is 13.9. The minimum atomic E-state index is -0.728. The molecule has 5 heteroatoms. The van der Waals surface area contributed by atoms with Crippen molar-refractivity contribution in [2.24, 2.45) is 0 Å². The smallest absolute Gasteiger partial charge is 0.303 e. The molecule has 2 N–H and O–H groups in total. The molecule has 0 aliphatic heterocycles. The maximum absolute atomic E-state index is 10.4. The fourth-order valence-electron chi connectivity index (χ4n) is 1.52. The summed E-state index contributed by atoms with van der Waals surface area (Å²) >= 11 is 5.20. The number of carboxylic acids is 1. The van der Waals surface area contributed by atoms with Gasteiger partial charge in [0.2, 0.25) is 0 Å². The molecule has 0 bridgehead atoms. The van der Waals surface area contributed by atoms with Crippen LogP contribution in [-0.4, -0.2) is 24.2 Å². The first-order valence-corrected chi connectivity index (χ1v) is 7.26. The molecule has 0 aromatic carbocycles. The van der Waals surface area contributed by atoms with E-state index in [4.69, 9.17) is 5.11 Å². The Balaban J connectivity index is 2.32. The number of carboxylic acid groups (broad SMARTS) is 1. The van der Waals surface area contributed by atoms with Gasteiger partial charge in [0.1, 0.15) is 0 Å². The molecule has 0 unspecified atom stereocenters. The molecule has 0 aliphatic carbocycles. The number of rotatable bonds is 7. The zero-order valence-electron chi connectivity index (χ0n) is 10.1. The summed E-state index contributed by atoms with van der Waals surface area (Å²) in [5.41, 5.74) is 0.0832. The van der Waals surface area contributed by atoms with Gasteiger partial charge in [-0.3, -0.25) is 4.79 Å². The number of thiophene rings is 1. The van der Waals surface area contributed by atoms with Crippen molar-refractivity contribution < 1.29 is 9.90 Å². The Morgan fingerprint density at radius 1 is 1.59 bits per heavy atom. The van der Waals surface area contributed by atoms with Crippen LogP contribution in [-0.2, 0) is 10.2 Å². The Labute approximate surface area is 114 Å². The summed E-state index contributed by atoms with van der Waals surface area (Å²) in [6, 6.07) is 2.14. The lowest BCUT2D eigenvalue weighted by molar-refractivity contribution is -0.137. The number of carbonyl (C=O) groups is 1. The van der Waals surface area contributed by atoms with E-state index in [0.29, 0.717) is 6.42 Å². The van der Waals surface area contributed by atoms with Crippen LogP contribution < -0.4 is 5.32 Å². The Kier molecular flexibility index (Phi) is 5.62. The summed E-state index contributed by atoms with van der Waals surface area (Å²) in [6.07, 6.45) is 0.914. The van der Waals surface area contributed by atoms with Crippen molar-refractivity contribution >= 4 is 33.2 Å². The van der Waals surface area contributed by atoms with E-state index in [-0.39, 0.29) is 11.8 Å². The lowest BCUT2D eigenvalue weighted by Gasteiger charge is -2.23. The molecular formula is C12H18BrNO2S. The van der Waals surface area contributed by atoms with Gasteiger partial charge in [-0.2, -0.15) is 0 Å². The highest BCUT2D eigenvalue weighted by Gasteiger charge is 2.21. The minimum absolute atomic E-state index is 0.0832. The number of halogens is 1. The molecule has 1 aromatic rings. The molecule has 17 heavy (non-hydrogen) atoms. The minimum Gasteiger partial charge on any atom is -0.481 e. The number of hydrogen-bond donors (Lipinski definition) is 2. The van der Waals surface area contributed by atoms with Crippen molar-refractivity contribution in [3.05, 3.63) is 20.8 Å². The van der Waals surface area contributed by atoms with Crippen molar-refractivity contribution in [1.82, 2.24) is 5.32 Å². The molecule has 0 radical (unpaired) electrons. The molecule has 1 aromatic heterocycles. The van der Waals surface area contributed by atoms with E-state index < -0.39 is 5.97 Å². The van der Waals surface area contributed by atoms with Crippen LogP contribution >= 0.6 is 27.3 Å². The second kappa shape index (κ2) is 6.52. The van der Waals surface area contributed by atoms with Crippen molar-refractivity contribution in [3.63, 3.8) is 0 Å². The second-order valence-corrected chi connectivity index (χ2v) is 6.51. The topological polar surface area (TPSA) is 49.3 Å². The average Bonchev–Trinajstić information content (AvgIpc) is 2.64. The van der Waals surface area contributed by atoms with Crippen LogP contribution in [0.5, 0.6) is 0 Å². The summed E-state index contributed by atoms with van der Waals surface area (Å²) in [7, 11) is 0. The normalized spacial score (nSPS) is 11.7. The third-order valence-corrected chi connectivity index (χ3v) is 4.60. The van der Waals surface area contributed by atoms with Crippen LogP contribution in [0.3, 0.4) is 0 Å². The molecule has 0 saturated heterocycles. The monoisotopic (exact) mass is 319 g/mol. The average molecular weight is 320 g/mol. The van der Waals surface area contributed by atoms with Crippen molar-refractivity contribution in [1.29, 1.82) is 0 Å². The quantitative estimate of drug-likeness (QED) is 0.758. The van der Waals surface area contributed by atoms with Gasteiger partial charge in [0.25, 0.3) is 0 Å². The van der Waals surface area contributed by atoms with Crippen molar-refractivity contribution in [2.75, 3.05) is 13.1 Å². The van der Waals surface area contributed by atoms with Crippen LogP contribution in [0, 0.1) is 0 Å². The first-order chi connectivity index (χ1) is 7.92. The predicted molar refractivity (Wildman–Crippen MR) is 74.8 cm³/mol. The Morgan fingerprint density at radius 3 is 2.82 bits per heavy atom. The van der Waals surface area contributed by atoms with Gasteiger partial charge in [-0.05, 0) is 35.0 Å². The second-order valence-electron chi connectivity index (χ2n) is 4.69. The maximum atomic E-state index is 10.4. The highest BCUT2D eigenvalue weighted by molar-refractivity contribution is 9.10. The molecule has 0 amide bonds. The van der Waals surface area contributed by atoms with E-state index in [1.54, 1.807) is 11.3 Å². The molecule has 1 rings (SSSR count). The first-order valence-electron chi connectivity index (χ1n) is 5.59. The van der Waals surface area contributed by atoms with Crippen molar-refractivity contribution in [2.45, 2.75) is 32.1 Å². The summed E-state index contributed by atoms with van der Waals surface area (Å²) in [4.78, 5) is 11.7. The molecule has 0 atom stereocenters. The van der Waals surface area contributed by atoms with E-state index in [2.05, 4.69) is 46.5 Å². The number of nitrogens with one attached hydrogen (secondary N) is 1. The predicted octanol–water partition coefficient (Wildman–Crippen LogP) is 3.24. The van der Waals surface area contributed by atoms with E-state index in [1.807, 2.05) is 0 Å². The van der Waals surface area contributed by atoms with Crippen molar-refractivity contribution in [3.8, 4) is 0 Å². The third kappa shape index (κ3) is 5.19. The fraction of sp³-hybridized carbons (Fsp3) is 0.583. The van der Waals surface area contributed by atoms with Gasteiger partial charge in [0, 0.05) is 33.1 Å². The zero-order chi connectivity index (χ0) is 12.9. The van der Waals surface area contributed by atoms with Crippen LogP contribution in [0.15, 0.2) is 15.9 Å². The molecule has 0 saturated carbocycles. The highest BCUT2D eigenvalue weighted by Crippen LogP contribution is 2.30. The Morgan fingerprint density at radius 2 is 2.29 bits per heavy atom.